The van der Waals surface area contributed by atoms with Gasteiger partial charge < -0.3 is 10.4 Å². The maximum atomic E-state index is 11.5. The third kappa shape index (κ3) is 2.93. The summed E-state index contributed by atoms with van der Waals surface area (Å²) >= 11 is 0. The normalized spacial score (nSPS) is 26.7. The Morgan fingerprint density at radius 1 is 1.35 bits per heavy atom. The highest BCUT2D eigenvalue weighted by atomic mass is 16.4. The van der Waals surface area contributed by atoms with Gasteiger partial charge in [0.15, 0.2) is 5.54 Å². The number of carboxylic acid groups (broad SMARTS) is 1. The third-order valence-corrected chi connectivity index (χ3v) is 2.64. The van der Waals surface area contributed by atoms with E-state index < -0.39 is 11.5 Å². The summed E-state index contributed by atoms with van der Waals surface area (Å²) in [6.45, 7) is 8.18. The van der Waals surface area contributed by atoms with E-state index >= 15 is 0 Å². The molecule has 0 bridgehead atoms. The van der Waals surface area contributed by atoms with Gasteiger partial charge in [-0.25, -0.2) is 4.79 Å². The molecule has 0 aromatic heterocycles. The van der Waals surface area contributed by atoms with Gasteiger partial charge in [0.2, 0.25) is 0 Å². The minimum atomic E-state index is -1.13. The summed E-state index contributed by atoms with van der Waals surface area (Å²) in [5.41, 5.74) is -1.13. The number of carboxylic acids is 1. The Morgan fingerprint density at radius 2 is 2.06 bits per heavy atom. The molecule has 1 aliphatic rings. The van der Waals surface area contributed by atoms with Crippen LogP contribution in [0.15, 0.2) is 49.6 Å². The van der Waals surface area contributed by atoms with Crippen molar-refractivity contribution >= 4 is 5.97 Å². The molecule has 0 saturated heterocycles. The quantitative estimate of drug-likeness (QED) is 0.572. The largest absolute Gasteiger partial charge is 0.480 e. The van der Waals surface area contributed by atoms with Crippen molar-refractivity contribution in [2.45, 2.75) is 11.6 Å². The van der Waals surface area contributed by atoms with Crippen molar-refractivity contribution < 1.29 is 9.90 Å². The molecule has 0 amide bonds. The van der Waals surface area contributed by atoms with E-state index in [1.807, 2.05) is 12.2 Å². The minimum Gasteiger partial charge on any atom is -0.480 e. The summed E-state index contributed by atoms with van der Waals surface area (Å²) in [7, 11) is 0. The molecular weight excluding hydrogens is 216 g/mol. The van der Waals surface area contributed by atoms with Crippen LogP contribution in [0, 0.1) is 0 Å². The lowest BCUT2D eigenvalue weighted by molar-refractivity contribution is -0.143. The highest BCUT2D eigenvalue weighted by Gasteiger charge is 2.42. The Bertz CT molecular complexity index is 360. The molecule has 0 aliphatic heterocycles. The summed E-state index contributed by atoms with van der Waals surface area (Å²) in [5, 5.41) is 15.5. The summed E-state index contributed by atoms with van der Waals surface area (Å²) in [6, 6.07) is -0.317. The lowest BCUT2D eigenvalue weighted by Gasteiger charge is -2.35. The molecule has 92 valence electrons. The predicted molar refractivity (Wildman–Crippen MR) is 68.8 cm³/mol. The SMILES string of the molecule is C=CCNC1C=CC=CC1(NCC=C)C(=O)O. The maximum absolute atomic E-state index is 11.5. The molecule has 0 fully saturated rings. The number of nitrogens with one attached hydrogen (secondary N) is 2. The van der Waals surface area contributed by atoms with Crippen LogP contribution in [0.5, 0.6) is 0 Å². The number of rotatable bonds is 7. The maximum Gasteiger partial charge on any atom is 0.329 e. The van der Waals surface area contributed by atoms with Crippen molar-refractivity contribution in [1.29, 1.82) is 0 Å². The summed E-state index contributed by atoms with van der Waals surface area (Å²) < 4.78 is 0. The third-order valence-electron chi connectivity index (χ3n) is 2.64. The smallest absolute Gasteiger partial charge is 0.329 e. The number of aliphatic carboxylic acids is 1. The van der Waals surface area contributed by atoms with Gasteiger partial charge in [0.1, 0.15) is 0 Å². The average Bonchev–Trinajstić information content (AvgIpc) is 2.34. The minimum absolute atomic E-state index is 0.317. The molecule has 0 aromatic rings. The number of carbonyl (C=O) groups is 1. The van der Waals surface area contributed by atoms with E-state index in [1.165, 1.54) is 0 Å². The highest BCUT2D eigenvalue weighted by molar-refractivity contribution is 5.84. The molecule has 17 heavy (non-hydrogen) atoms. The first-order valence-corrected chi connectivity index (χ1v) is 5.47. The molecule has 1 rings (SSSR count). The molecule has 2 atom stereocenters. The standard InChI is InChI=1S/C13H18N2O2/c1-3-9-14-11-7-5-6-8-13(11,12(16)17)15-10-4-2/h3-8,11,14-15H,1-2,9-10H2,(H,16,17). The molecule has 0 spiro atoms. The van der Waals surface area contributed by atoms with Crippen LogP contribution in [0.25, 0.3) is 0 Å². The van der Waals surface area contributed by atoms with E-state index in [4.69, 9.17) is 0 Å². The lowest BCUT2D eigenvalue weighted by Crippen LogP contribution is -2.63. The van der Waals surface area contributed by atoms with E-state index in [-0.39, 0.29) is 6.04 Å². The van der Waals surface area contributed by atoms with E-state index in [0.717, 1.165) is 0 Å². The molecule has 1 aliphatic carbocycles. The van der Waals surface area contributed by atoms with E-state index in [1.54, 1.807) is 24.3 Å². The topological polar surface area (TPSA) is 61.4 Å². The molecule has 2 unspecified atom stereocenters. The van der Waals surface area contributed by atoms with Gasteiger partial charge in [-0.05, 0) is 0 Å². The Hall–Kier alpha value is -1.65. The summed E-state index contributed by atoms with van der Waals surface area (Å²) in [5.74, 6) is -0.915. The van der Waals surface area contributed by atoms with Crippen LogP contribution in [0.1, 0.15) is 0 Å². The van der Waals surface area contributed by atoms with Gasteiger partial charge in [-0.3, -0.25) is 5.32 Å². The fourth-order valence-corrected chi connectivity index (χ4v) is 1.77. The van der Waals surface area contributed by atoms with Crippen LogP contribution < -0.4 is 10.6 Å². The highest BCUT2D eigenvalue weighted by Crippen LogP contribution is 2.19. The van der Waals surface area contributed by atoms with Crippen LogP contribution in [-0.2, 0) is 4.79 Å². The van der Waals surface area contributed by atoms with Gasteiger partial charge in [-0.15, -0.1) is 13.2 Å². The van der Waals surface area contributed by atoms with Crippen molar-refractivity contribution in [3.8, 4) is 0 Å². The van der Waals surface area contributed by atoms with Gasteiger partial charge in [0, 0.05) is 13.1 Å². The zero-order valence-corrected chi connectivity index (χ0v) is 9.73. The van der Waals surface area contributed by atoms with Gasteiger partial charge in [-0.1, -0.05) is 36.5 Å². The van der Waals surface area contributed by atoms with Crippen molar-refractivity contribution in [1.82, 2.24) is 10.6 Å². The molecular formula is C13H18N2O2. The Morgan fingerprint density at radius 3 is 2.65 bits per heavy atom. The van der Waals surface area contributed by atoms with E-state index in [9.17, 15) is 9.90 Å². The molecule has 4 nitrogen and oxygen atoms in total. The first kappa shape index (κ1) is 13.4. The molecule has 3 N–H and O–H groups in total. The van der Waals surface area contributed by atoms with Crippen LogP contribution in [-0.4, -0.2) is 35.7 Å². The summed E-state index contributed by atoms with van der Waals surface area (Å²) in [6.07, 6.45) is 10.4. The Kier molecular flexibility index (Phi) is 4.87. The van der Waals surface area contributed by atoms with Crippen molar-refractivity contribution in [3.63, 3.8) is 0 Å². The van der Waals surface area contributed by atoms with Crippen LogP contribution in [0.4, 0.5) is 0 Å². The van der Waals surface area contributed by atoms with Gasteiger partial charge in [0.25, 0.3) is 0 Å². The second-order valence-corrected chi connectivity index (χ2v) is 3.76. The zero-order valence-electron chi connectivity index (χ0n) is 9.73. The van der Waals surface area contributed by atoms with E-state index in [0.29, 0.717) is 13.1 Å². The molecule has 4 heteroatoms. The number of hydrogen-bond acceptors (Lipinski definition) is 3. The second kappa shape index (κ2) is 6.18. The fourth-order valence-electron chi connectivity index (χ4n) is 1.77. The molecule has 0 saturated carbocycles. The number of hydrogen-bond donors (Lipinski definition) is 3. The summed E-state index contributed by atoms with van der Waals surface area (Å²) in [4.78, 5) is 11.5. The van der Waals surface area contributed by atoms with Crippen LogP contribution >= 0.6 is 0 Å². The molecule has 0 heterocycles. The average molecular weight is 234 g/mol. The molecule has 0 aromatic carbocycles. The fraction of sp³-hybridized carbons (Fsp3) is 0.308. The first-order valence-electron chi connectivity index (χ1n) is 5.47. The second-order valence-electron chi connectivity index (χ2n) is 3.76. The monoisotopic (exact) mass is 234 g/mol. The molecule has 0 radical (unpaired) electrons. The van der Waals surface area contributed by atoms with Gasteiger partial charge >= 0.3 is 5.97 Å². The van der Waals surface area contributed by atoms with Gasteiger partial charge in [0.05, 0.1) is 6.04 Å². The first-order chi connectivity index (χ1) is 8.17. The Balaban J connectivity index is 2.93. The van der Waals surface area contributed by atoms with Crippen molar-refractivity contribution in [3.05, 3.63) is 49.6 Å². The van der Waals surface area contributed by atoms with Crippen molar-refractivity contribution in [2.75, 3.05) is 13.1 Å². The van der Waals surface area contributed by atoms with Crippen LogP contribution in [0.3, 0.4) is 0 Å². The van der Waals surface area contributed by atoms with Crippen LogP contribution in [0.2, 0.25) is 0 Å². The van der Waals surface area contributed by atoms with E-state index in [2.05, 4.69) is 23.8 Å². The van der Waals surface area contributed by atoms with Crippen molar-refractivity contribution in [2.24, 2.45) is 0 Å². The van der Waals surface area contributed by atoms with Gasteiger partial charge in [-0.2, -0.15) is 0 Å². The lowest BCUT2D eigenvalue weighted by atomic mass is 9.86. The Labute approximate surface area is 101 Å². The number of allylic oxidation sites excluding steroid dienone is 2. The zero-order chi connectivity index (χ0) is 12.7. The predicted octanol–water partition coefficient (Wildman–Crippen LogP) is 0.856.